The molecular formula is C25H31N7O4. The first-order valence-corrected chi connectivity index (χ1v) is 12.1. The monoisotopic (exact) mass is 493 g/mol. The van der Waals surface area contributed by atoms with Gasteiger partial charge in [-0.3, -0.25) is 14.5 Å². The number of anilines is 2. The topological polar surface area (TPSA) is 138 Å². The summed E-state index contributed by atoms with van der Waals surface area (Å²) in [4.78, 5) is 33.7. The number of primary amides is 1. The van der Waals surface area contributed by atoms with E-state index >= 15 is 0 Å². The standard InChI is InChI=1S/C25H31N7O4/c1-25(2)14-16-12-18(29-24(35)17-15-28-32-6-3-5-27-23(17)32)20(13-21(16)36-25)31-9-7-30(8-10-31)19(4-11-33)22(26)34/h3,5-6,12-13,15,19,33H,4,7-11,14H2,1-2H3,(H2,26,34)(H,29,35). The summed E-state index contributed by atoms with van der Waals surface area (Å²) in [6.07, 6.45) is 5.94. The zero-order valence-electron chi connectivity index (χ0n) is 20.5. The van der Waals surface area contributed by atoms with E-state index < -0.39 is 11.9 Å². The Kier molecular flexibility index (Phi) is 6.27. The van der Waals surface area contributed by atoms with Crippen molar-refractivity contribution in [3.05, 3.63) is 47.9 Å². The highest BCUT2D eigenvalue weighted by Gasteiger charge is 2.33. The van der Waals surface area contributed by atoms with Crippen LogP contribution in [0.2, 0.25) is 0 Å². The molecule has 2 aliphatic rings. The minimum atomic E-state index is -0.497. The van der Waals surface area contributed by atoms with Crippen LogP contribution in [0.3, 0.4) is 0 Å². The molecule has 0 bridgehead atoms. The summed E-state index contributed by atoms with van der Waals surface area (Å²) in [6.45, 7) is 6.43. The molecule has 1 atom stereocenters. The number of nitrogens with one attached hydrogen (secondary N) is 1. The molecule has 4 heterocycles. The highest BCUT2D eigenvalue weighted by molar-refractivity contribution is 6.09. The van der Waals surface area contributed by atoms with Gasteiger partial charge in [-0.15, -0.1) is 0 Å². The molecule has 0 aliphatic carbocycles. The summed E-state index contributed by atoms with van der Waals surface area (Å²) < 4.78 is 7.74. The number of rotatable bonds is 7. The Morgan fingerprint density at radius 1 is 1.25 bits per heavy atom. The molecule has 0 saturated carbocycles. The highest BCUT2D eigenvalue weighted by atomic mass is 16.5. The number of aliphatic hydroxyl groups is 1. The second-order valence-corrected chi connectivity index (χ2v) is 9.87. The largest absolute Gasteiger partial charge is 0.487 e. The van der Waals surface area contributed by atoms with E-state index in [9.17, 15) is 14.7 Å². The average Bonchev–Trinajstić information content (AvgIpc) is 3.41. The first-order valence-electron chi connectivity index (χ1n) is 12.1. The maximum absolute atomic E-state index is 13.3. The molecule has 190 valence electrons. The van der Waals surface area contributed by atoms with Crippen molar-refractivity contribution < 1.29 is 19.4 Å². The Labute approximate surface area is 208 Å². The quantitative estimate of drug-likeness (QED) is 0.444. The lowest BCUT2D eigenvalue weighted by Crippen LogP contribution is -2.54. The van der Waals surface area contributed by atoms with Crippen LogP contribution < -0.4 is 20.7 Å². The average molecular weight is 494 g/mol. The van der Waals surface area contributed by atoms with Gasteiger partial charge >= 0.3 is 0 Å². The van der Waals surface area contributed by atoms with Crippen LogP contribution in [0.5, 0.6) is 5.75 Å². The van der Waals surface area contributed by atoms with Crippen LogP contribution >= 0.6 is 0 Å². The minimum absolute atomic E-state index is 0.0969. The lowest BCUT2D eigenvalue weighted by atomic mass is 10.0. The minimum Gasteiger partial charge on any atom is -0.487 e. The fraction of sp³-hybridized carbons (Fsp3) is 0.440. The van der Waals surface area contributed by atoms with Crippen molar-refractivity contribution in [1.82, 2.24) is 19.5 Å². The second-order valence-electron chi connectivity index (χ2n) is 9.87. The van der Waals surface area contributed by atoms with Crippen molar-refractivity contribution in [3.63, 3.8) is 0 Å². The predicted molar refractivity (Wildman–Crippen MR) is 134 cm³/mol. The van der Waals surface area contributed by atoms with Gasteiger partial charge in [-0.2, -0.15) is 5.10 Å². The van der Waals surface area contributed by atoms with Crippen molar-refractivity contribution in [3.8, 4) is 5.75 Å². The third kappa shape index (κ3) is 4.59. The lowest BCUT2D eigenvalue weighted by molar-refractivity contribution is -0.124. The van der Waals surface area contributed by atoms with E-state index in [4.69, 9.17) is 10.5 Å². The molecule has 0 radical (unpaired) electrons. The van der Waals surface area contributed by atoms with Crippen molar-refractivity contribution in [1.29, 1.82) is 0 Å². The summed E-state index contributed by atoms with van der Waals surface area (Å²) in [7, 11) is 0. The third-order valence-electron chi connectivity index (χ3n) is 6.78. The second kappa shape index (κ2) is 9.40. The number of carbonyl (C=O) groups excluding carboxylic acids is 2. The first-order chi connectivity index (χ1) is 17.3. The van der Waals surface area contributed by atoms with Gasteiger partial charge in [0.2, 0.25) is 5.91 Å². The van der Waals surface area contributed by atoms with Gasteiger partial charge in [0.15, 0.2) is 5.65 Å². The molecule has 3 aromatic rings. The molecule has 1 fully saturated rings. The van der Waals surface area contributed by atoms with E-state index in [-0.39, 0.29) is 18.1 Å². The van der Waals surface area contributed by atoms with Gasteiger partial charge in [0, 0.05) is 63.2 Å². The molecule has 4 N–H and O–H groups in total. The summed E-state index contributed by atoms with van der Waals surface area (Å²) in [5.41, 5.74) is 8.68. The van der Waals surface area contributed by atoms with Crippen LogP contribution in [0.1, 0.15) is 36.2 Å². The van der Waals surface area contributed by atoms with Crippen molar-refractivity contribution in [2.45, 2.75) is 38.3 Å². The van der Waals surface area contributed by atoms with E-state index in [0.29, 0.717) is 49.5 Å². The van der Waals surface area contributed by atoms with Crippen LogP contribution in [-0.2, 0) is 11.2 Å². The number of fused-ring (bicyclic) bond motifs is 2. The van der Waals surface area contributed by atoms with Crippen LogP contribution in [0.15, 0.2) is 36.8 Å². The number of hydrogen-bond acceptors (Lipinski definition) is 8. The van der Waals surface area contributed by atoms with Gasteiger partial charge in [0.25, 0.3) is 5.91 Å². The predicted octanol–water partition coefficient (Wildman–Crippen LogP) is 1.05. The number of aliphatic hydroxyl groups excluding tert-OH is 1. The number of piperazine rings is 1. The van der Waals surface area contributed by atoms with Crippen molar-refractivity contribution in [2.75, 3.05) is 43.0 Å². The summed E-state index contributed by atoms with van der Waals surface area (Å²) in [5.74, 6) is 0.0856. The van der Waals surface area contributed by atoms with Gasteiger partial charge in [0.1, 0.15) is 16.9 Å². The molecule has 2 amide bonds. The molecule has 2 aliphatic heterocycles. The van der Waals surface area contributed by atoms with Crippen LogP contribution in [-0.4, -0.2) is 80.8 Å². The molecule has 36 heavy (non-hydrogen) atoms. The zero-order valence-corrected chi connectivity index (χ0v) is 20.5. The number of amides is 2. The van der Waals surface area contributed by atoms with E-state index in [1.807, 2.05) is 30.9 Å². The first kappa shape index (κ1) is 24.0. The Balaban J connectivity index is 1.42. The summed E-state index contributed by atoms with van der Waals surface area (Å²) in [6, 6.07) is 5.23. The SMILES string of the molecule is CC1(C)Cc2cc(NC(=O)c3cnn4cccnc34)c(N3CCN(C(CCO)C(N)=O)CC3)cc2O1. The molecule has 11 heteroatoms. The van der Waals surface area contributed by atoms with E-state index in [1.54, 1.807) is 23.0 Å². The molecule has 11 nitrogen and oxygen atoms in total. The number of nitrogens with zero attached hydrogens (tertiary/aromatic N) is 5. The molecule has 0 spiro atoms. The number of benzene rings is 1. The Hall–Kier alpha value is -3.70. The van der Waals surface area contributed by atoms with E-state index in [2.05, 4.69) is 20.3 Å². The maximum Gasteiger partial charge on any atom is 0.261 e. The van der Waals surface area contributed by atoms with Crippen LogP contribution in [0.4, 0.5) is 11.4 Å². The summed E-state index contributed by atoms with van der Waals surface area (Å²) in [5, 5.41) is 16.6. The molecular weight excluding hydrogens is 462 g/mol. The van der Waals surface area contributed by atoms with E-state index in [0.717, 1.165) is 23.4 Å². The number of ether oxygens (including phenoxy) is 1. The van der Waals surface area contributed by atoms with Crippen molar-refractivity contribution in [2.24, 2.45) is 5.73 Å². The van der Waals surface area contributed by atoms with Gasteiger partial charge in [-0.05, 0) is 32.4 Å². The molecule has 1 unspecified atom stereocenters. The van der Waals surface area contributed by atoms with Crippen LogP contribution in [0.25, 0.3) is 5.65 Å². The zero-order chi connectivity index (χ0) is 25.4. The molecule has 1 aromatic carbocycles. The fourth-order valence-electron chi connectivity index (χ4n) is 5.08. The Morgan fingerprint density at radius 3 is 2.75 bits per heavy atom. The molecule has 5 rings (SSSR count). The van der Waals surface area contributed by atoms with Gasteiger partial charge in [-0.1, -0.05) is 0 Å². The van der Waals surface area contributed by atoms with Gasteiger partial charge in [-0.25, -0.2) is 9.50 Å². The summed E-state index contributed by atoms with van der Waals surface area (Å²) >= 11 is 0. The molecule has 1 saturated heterocycles. The normalized spacial score (nSPS) is 18.0. The maximum atomic E-state index is 13.3. The Bertz CT molecular complexity index is 1300. The van der Waals surface area contributed by atoms with E-state index in [1.165, 1.54) is 6.20 Å². The number of nitrogens with two attached hydrogens (primary N) is 1. The Morgan fingerprint density at radius 2 is 2.03 bits per heavy atom. The third-order valence-corrected chi connectivity index (χ3v) is 6.78. The lowest BCUT2D eigenvalue weighted by Gasteiger charge is -2.39. The smallest absolute Gasteiger partial charge is 0.261 e. The fourth-order valence-corrected chi connectivity index (χ4v) is 5.08. The van der Waals surface area contributed by atoms with Crippen molar-refractivity contribution >= 4 is 28.8 Å². The number of hydrogen-bond donors (Lipinski definition) is 3. The molecule has 2 aromatic heterocycles. The van der Waals surface area contributed by atoms with Gasteiger partial charge in [0.05, 0.1) is 23.6 Å². The van der Waals surface area contributed by atoms with Crippen LogP contribution in [0, 0.1) is 0 Å². The number of aromatic nitrogens is 3. The van der Waals surface area contributed by atoms with Gasteiger partial charge < -0.3 is 25.8 Å². The highest BCUT2D eigenvalue weighted by Crippen LogP contribution is 2.42. The number of carbonyl (C=O) groups is 2.